The zero-order valence-electron chi connectivity index (χ0n) is 10.8. The molecule has 1 heterocycles. The van der Waals surface area contributed by atoms with E-state index in [-0.39, 0.29) is 0 Å². The normalized spacial score (nSPS) is 22.2. The van der Waals surface area contributed by atoms with Gasteiger partial charge in [0.1, 0.15) is 0 Å². The SMILES string of the molecule is CCCS(=O)(=O)N1CCC(CC)(CC)CC1. The van der Waals surface area contributed by atoms with E-state index in [9.17, 15) is 8.42 Å². The molecule has 1 aliphatic heterocycles. The Bertz CT molecular complexity index is 297. The van der Waals surface area contributed by atoms with Gasteiger partial charge < -0.3 is 0 Å². The molecule has 1 aliphatic rings. The standard InChI is InChI=1S/C12H25NO2S/c1-4-11-16(14,15)13-9-7-12(5-2,6-3)8-10-13/h4-11H2,1-3H3. The Labute approximate surface area is 100 Å². The van der Waals surface area contributed by atoms with E-state index >= 15 is 0 Å². The third-order valence-corrected chi connectivity index (χ3v) is 6.21. The molecule has 4 heteroatoms. The largest absolute Gasteiger partial charge is 0.214 e. The van der Waals surface area contributed by atoms with Crippen molar-refractivity contribution < 1.29 is 8.42 Å². The van der Waals surface area contributed by atoms with Crippen LogP contribution in [0.3, 0.4) is 0 Å². The number of hydrogen-bond acceptors (Lipinski definition) is 2. The molecule has 0 aromatic rings. The molecule has 0 N–H and O–H groups in total. The van der Waals surface area contributed by atoms with Gasteiger partial charge in [0.2, 0.25) is 10.0 Å². The van der Waals surface area contributed by atoms with E-state index in [1.807, 2.05) is 6.92 Å². The molecule has 0 radical (unpaired) electrons. The summed E-state index contributed by atoms with van der Waals surface area (Å²) in [5.41, 5.74) is 0.401. The summed E-state index contributed by atoms with van der Waals surface area (Å²) in [6, 6.07) is 0. The number of nitrogens with zero attached hydrogens (tertiary/aromatic N) is 1. The first-order valence-corrected chi connectivity index (χ1v) is 8.08. The Kier molecular flexibility index (Phi) is 4.80. The summed E-state index contributed by atoms with van der Waals surface area (Å²) < 4.78 is 25.5. The highest BCUT2D eigenvalue weighted by molar-refractivity contribution is 7.89. The average Bonchev–Trinajstić information content (AvgIpc) is 2.29. The monoisotopic (exact) mass is 247 g/mol. The Morgan fingerprint density at radius 2 is 1.56 bits per heavy atom. The van der Waals surface area contributed by atoms with E-state index in [4.69, 9.17) is 0 Å². The molecule has 0 aliphatic carbocycles. The predicted octanol–water partition coefficient (Wildman–Crippen LogP) is 2.63. The molecule has 96 valence electrons. The second-order valence-electron chi connectivity index (χ2n) is 4.92. The van der Waals surface area contributed by atoms with Crippen LogP contribution in [0.1, 0.15) is 52.9 Å². The van der Waals surface area contributed by atoms with Crippen molar-refractivity contribution >= 4 is 10.0 Å². The Hall–Kier alpha value is -0.0900. The Morgan fingerprint density at radius 1 is 1.06 bits per heavy atom. The first kappa shape index (κ1) is 14.0. The minimum atomic E-state index is -2.97. The molecule has 1 saturated heterocycles. The molecule has 0 spiro atoms. The molecule has 0 unspecified atom stereocenters. The summed E-state index contributed by atoms with van der Waals surface area (Å²) >= 11 is 0. The zero-order chi connectivity index (χ0) is 12.2. The maximum absolute atomic E-state index is 11.9. The van der Waals surface area contributed by atoms with Crippen molar-refractivity contribution in [3.05, 3.63) is 0 Å². The molecule has 16 heavy (non-hydrogen) atoms. The van der Waals surface area contributed by atoms with Gasteiger partial charge >= 0.3 is 0 Å². The van der Waals surface area contributed by atoms with Crippen LogP contribution in [0.4, 0.5) is 0 Å². The summed E-state index contributed by atoms with van der Waals surface area (Å²) in [5.74, 6) is 0.304. The van der Waals surface area contributed by atoms with Crippen LogP contribution < -0.4 is 0 Å². The molecule has 0 bridgehead atoms. The lowest BCUT2D eigenvalue weighted by Gasteiger charge is -2.40. The number of piperidine rings is 1. The van der Waals surface area contributed by atoms with Crippen LogP contribution in [0.25, 0.3) is 0 Å². The van der Waals surface area contributed by atoms with Gasteiger partial charge in [-0.2, -0.15) is 0 Å². The van der Waals surface area contributed by atoms with Gasteiger partial charge in [-0.1, -0.05) is 33.6 Å². The molecular weight excluding hydrogens is 222 g/mol. The van der Waals surface area contributed by atoms with Crippen LogP contribution in [-0.4, -0.2) is 31.6 Å². The van der Waals surface area contributed by atoms with Crippen molar-refractivity contribution in [3.8, 4) is 0 Å². The number of hydrogen-bond donors (Lipinski definition) is 0. The quantitative estimate of drug-likeness (QED) is 0.749. The minimum absolute atomic E-state index is 0.304. The molecule has 0 aromatic carbocycles. The highest BCUT2D eigenvalue weighted by Gasteiger charge is 2.34. The van der Waals surface area contributed by atoms with E-state index < -0.39 is 10.0 Å². The molecule has 3 nitrogen and oxygen atoms in total. The topological polar surface area (TPSA) is 37.4 Å². The van der Waals surface area contributed by atoms with Gasteiger partial charge in [-0.3, -0.25) is 0 Å². The fraction of sp³-hybridized carbons (Fsp3) is 1.00. The van der Waals surface area contributed by atoms with Gasteiger partial charge in [0.15, 0.2) is 0 Å². The highest BCUT2D eigenvalue weighted by Crippen LogP contribution is 2.38. The lowest BCUT2D eigenvalue weighted by atomic mass is 9.75. The highest BCUT2D eigenvalue weighted by atomic mass is 32.2. The summed E-state index contributed by atoms with van der Waals surface area (Å²) in [6.45, 7) is 7.82. The van der Waals surface area contributed by atoms with E-state index in [1.165, 1.54) is 12.8 Å². The fourth-order valence-corrected chi connectivity index (χ4v) is 4.10. The van der Waals surface area contributed by atoms with Crippen LogP contribution in [0.15, 0.2) is 0 Å². The lowest BCUT2D eigenvalue weighted by Crippen LogP contribution is -2.43. The van der Waals surface area contributed by atoms with Crippen molar-refractivity contribution in [2.24, 2.45) is 5.41 Å². The van der Waals surface area contributed by atoms with Crippen LogP contribution in [0, 0.1) is 5.41 Å². The van der Waals surface area contributed by atoms with E-state index in [2.05, 4.69) is 13.8 Å². The Balaban J connectivity index is 2.61. The second kappa shape index (κ2) is 5.50. The van der Waals surface area contributed by atoms with Gasteiger partial charge in [0.05, 0.1) is 5.75 Å². The fourth-order valence-electron chi connectivity index (χ4n) is 2.58. The van der Waals surface area contributed by atoms with Crippen LogP contribution in [-0.2, 0) is 10.0 Å². The second-order valence-corrected chi connectivity index (χ2v) is 7.01. The van der Waals surface area contributed by atoms with Gasteiger partial charge in [0, 0.05) is 13.1 Å². The maximum atomic E-state index is 11.9. The molecule has 0 amide bonds. The molecule has 0 aromatic heterocycles. The maximum Gasteiger partial charge on any atom is 0.214 e. The first-order chi connectivity index (χ1) is 7.49. The average molecular weight is 247 g/mol. The summed E-state index contributed by atoms with van der Waals surface area (Å²) in [7, 11) is -2.97. The van der Waals surface area contributed by atoms with Gasteiger partial charge in [0.25, 0.3) is 0 Å². The number of sulfonamides is 1. The number of rotatable bonds is 5. The molecule has 1 fully saturated rings. The summed E-state index contributed by atoms with van der Waals surface area (Å²) in [4.78, 5) is 0. The third-order valence-electron chi connectivity index (χ3n) is 4.14. The van der Waals surface area contributed by atoms with Crippen molar-refractivity contribution in [2.45, 2.75) is 52.9 Å². The predicted molar refractivity (Wildman–Crippen MR) is 67.9 cm³/mol. The third kappa shape index (κ3) is 2.98. The van der Waals surface area contributed by atoms with Gasteiger partial charge in [-0.05, 0) is 24.7 Å². The van der Waals surface area contributed by atoms with E-state index in [0.29, 0.717) is 17.6 Å². The molecular formula is C12H25NO2S. The Morgan fingerprint density at radius 3 is 1.94 bits per heavy atom. The smallest absolute Gasteiger partial charge is 0.212 e. The first-order valence-electron chi connectivity index (χ1n) is 6.47. The molecule has 0 atom stereocenters. The van der Waals surface area contributed by atoms with Gasteiger partial charge in [-0.25, -0.2) is 12.7 Å². The minimum Gasteiger partial charge on any atom is -0.212 e. The zero-order valence-corrected chi connectivity index (χ0v) is 11.6. The van der Waals surface area contributed by atoms with Crippen LogP contribution in [0.2, 0.25) is 0 Å². The molecule has 0 saturated carbocycles. The summed E-state index contributed by atoms with van der Waals surface area (Å²) in [5, 5.41) is 0. The van der Waals surface area contributed by atoms with Gasteiger partial charge in [-0.15, -0.1) is 0 Å². The van der Waals surface area contributed by atoms with Crippen molar-refractivity contribution in [1.82, 2.24) is 4.31 Å². The lowest BCUT2D eigenvalue weighted by molar-refractivity contribution is 0.141. The van der Waals surface area contributed by atoms with Crippen molar-refractivity contribution in [1.29, 1.82) is 0 Å². The summed E-state index contributed by atoms with van der Waals surface area (Å²) in [6.07, 6.45) is 5.12. The molecule has 1 rings (SSSR count). The van der Waals surface area contributed by atoms with Crippen molar-refractivity contribution in [3.63, 3.8) is 0 Å². The van der Waals surface area contributed by atoms with Crippen molar-refractivity contribution in [2.75, 3.05) is 18.8 Å². The van der Waals surface area contributed by atoms with E-state index in [0.717, 1.165) is 25.9 Å². The van der Waals surface area contributed by atoms with E-state index in [1.54, 1.807) is 4.31 Å². The van der Waals surface area contributed by atoms with Crippen LogP contribution >= 0.6 is 0 Å². The van der Waals surface area contributed by atoms with Crippen LogP contribution in [0.5, 0.6) is 0 Å².